The van der Waals surface area contributed by atoms with Gasteiger partial charge in [0, 0.05) is 5.56 Å². The third kappa shape index (κ3) is 2.65. The summed E-state index contributed by atoms with van der Waals surface area (Å²) in [6, 6.07) is 4.58. The highest BCUT2D eigenvalue weighted by Crippen LogP contribution is 2.02. The van der Waals surface area contributed by atoms with E-state index in [1.165, 1.54) is 24.3 Å². The summed E-state index contributed by atoms with van der Waals surface area (Å²) in [7, 11) is 0. The lowest BCUT2D eigenvalue weighted by Gasteiger charge is -2.06. The topological polar surface area (TPSA) is 46.2 Å². The molecule has 1 rings (SSSR count). The number of rotatable bonds is 3. The molecule has 4 heteroatoms. The van der Waals surface area contributed by atoms with Gasteiger partial charge in [-0.3, -0.25) is 4.79 Å². The van der Waals surface area contributed by atoms with Crippen LogP contribution < -0.4 is 5.32 Å². The van der Waals surface area contributed by atoms with E-state index >= 15 is 0 Å². The van der Waals surface area contributed by atoms with E-state index in [0.717, 1.165) is 0 Å². The lowest BCUT2D eigenvalue weighted by atomic mass is 10.2. The van der Waals surface area contributed by atoms with Crippen LogP contribution >= 0.6 is 0 Å². The van der Waals surface area contributed by atoms with Crippen LogP contribution in [0.3, 0.4) is 0 Å². The summed E-state index contributed by atoms with van der Waals surface area (Å²) in [5.41, 5.74) is 0.333. The molecule has 1 aromatic rings. The van der Waals surface area contributed by atoms with Crippen molar-refractivity contribution in [2.75, 3.05) is 0 Å². The van der Waals surface area contributed by atoms with Crippen LogP contribution in [0.2, 0.25) is 0 Å². The van der Waals surface area contributed by atoms with Crippen LogP contribution in [0.4, 0.5) is 4.39 Å². The van der Waals surface area contributed by atoms with E-state index in [4.69, 9.17) is 0 Å². The van der Waals surface area contributed by atoms with Gasteiger partial charge in [0.05, 0.1) is 6.04 Å². The van der Waals surface area contributed by atoms with Crippen molar-refractivity contribution < 1.29 is 14.0 Å². The minimum Gasteiger partial charge on any atom is -0.343 e. The predicted octanol–water partition coefficient (Wildman–Crippen LogP) is 1.14. The summed E-state index contributed by atoms with van der Waals surface area (Å²) in [5, 5.41) is 2.44. The van der Waals surface area contributed by atoms with Crippen molar-refractivity contribution in [3.05, 3.63) is 35.6 Å². The molecule has 0 aromatic heterocycles. The van der Waals surface area contributed by atoms with Crippen molar-refractivity contribution in [1.82, 2.24) is 5.32 Å². The molecule has 1 atom stereocenters. The Morgan fingerprint density at radius 2 is 2.00 bits per heavy atom. The van der Waals surface area contributed by atoms with Gasteiger partial charge in [-0.05, 0) is 31.2 Å². The third-order valence-electron chi connectivity index (χ3n) is 1.67. The van der Waals surface area contributed by atoms with Gasteiger partial charge in [-0.1, -0.05) is 0 Å². The van der Waals surface area contributed by atoms with Crippen LogP contribution in [0.1, 0.15) is 17.3 Å². The minimum atomic E-state index is -0.535. The molecular formula is C10H10FNO2. The molecule has 14 heavy (non-hydrogen) atoms. The maximum absolute atomic E-state index is 12.5. The number of aldehydes is 1. The summed E-state index contributed by atoms with van der Waals surface area (Å²) in [4.78, 5) is 21.6. The first kappa shape index (κ1) is 10.4. The fraction of sp³-hybridized carbons (Fsp3) is 0.200. The maximum Gasteiger partial charge on any atom is 0.251 e. The van der Waals surface area contributed by atoms with Crippen LogP contribution in [0.25, 0.3) is 0 Å². The molecule has 1 amide bonds. The van der Waals surface area contributed by atoms with E-state index in [2.05, 4.69) is 5.32 Å². The highest BCUT2D eigenvalue weighted by atomic mass is 19.1. The summed E-state index contributed by atoms with van der Waals surface area (Å²) in [6.45, 7) is 1.56. The molecule has 0 heterocycles. The molecule has 74 valence electrons. The molecule has 1 aromatic carbocycles. The van der Waals surface area contributed by atoms with Crippen LogP contribution in [-0.4, -0.2) is 18.2 Å². The predicted molar refractivity (Wildman–Crippen MR) is 49.4 cm³/mol. The van der Waals surface area contributed by atoms with E-state index < -0.39 is 11.9 Å². The highest BCUT2D eigenvalue weighted by molar-refractivity contribution is 5.95. The van der Waals surface area contributed by atoms with Gasteiger partial charge in [0.1, 0.15) is 12.1 Å². The monoisotopic (exact) mass is 195 g/mol. The first-order chi connectivity index (χ1) is 6.63. The van der Waals surface area contributed by atoms with Crippen LogP contribution in [0.5, 0.6) is 0 Å². The second-order valence-corrected chi connectivity index (χ2v) is 2.91. The Kier molecular flexibility index (Phi) is 3.34. The number of amides is 1. The lowest BCUT2D eigenvalue weighted by molar-refractivity contribution is -0.109. The van der Waals surface area contributed by atoms with E-state index in [1.54, 1.807) is 6.92 Å². The molecule has 0 radical (unpaired) electrons. The van der Waals surface area contributed by atoms with Gasteiger partial charge >= 0.3 is 0 Å². The van der Waals surface area contributed by atoms with Gasteiger partial charge in [0.2, 0.25) is 0 Å². The summed E-state index contributed by atoms with van der Waals surface area (Å²) in [6.07, 6.45) is 0.626. The molecule has 3 nitrogen and oxygen atoms in total. The number of carbonyl (C=O) groups excluding carboxylic acids is 2. The number of benzene rings is 1. The average Bonchev–Trinajstić information content (AvgIpc) is 2.18. The number of hydrogen-bond donors (Lipinski definition) is 1. The van der Waals surface area contributed by atoms with Crippen molar-refractivity contribution in [2.45, 2.75) is 13.0 Å². The fourth-order valence-electron chi connectivity index (χ4n) is 0.925. The van der Waals surface area contributed by atoms with Crippen LogP contribution in [0.15, 0.2) is 24.3 Å². The summed E-state index contributed by atoms with van der Waals surface area (Å²) < 4.78 is 12.5. The van der Waals surface area contributed by atoms with Gasteiger partial charge in [-0.25, -0.2) is 4.39 Å². The molecule has 1 N–H and O–H groups in total. The molecule has 0 saturated heterocycles. The Balaban J connectivity index is 2.70. The van der Waals surface area contributed by atoms with E-state index in [9.17, 15) is 14.0 Å². The molecule has 0 bridgehead atoms. The summed E-state index contributed by atoms with van der Waals surface area (Å²) >= 11 is 0. The van der Waals surface area contributed by atoms with Gasteiger partial charge in [-0.2, -0.15) is 0 Å². The summed E-state index contributed by atoms with van der Waals surface area (Å²) in [5.74, 6) is -0.783. The van der Waals surface area contributed by atoms with E-state index in [-0.39, 0.29) is 5.91 Å². The molecule has 0 aliphatic heterocycles. The van der Waals surface area contributed by atoms with Gasteiger partial charge in [0.15, 0.2) is 0 Å². The third-order valence-corrected chi connectivity index (χ3v) is 1.67. The van der Waals surface area contributed by atoms with E-state index in [0.29, 0.717) is 11.8 Å². The molecule has 0 aliphatic rings. The fourth-order valence-corrected chi connectivity index (χ4v) is 0.925. The van der Waals surface area contributed by atoms with Gasteiger partial charge in [-0.15, -0.1) is 0 Å². The first-order valence-corrected chi connectivity index (χ1v) is 4.15. The van der Waals surface area contributed by atoms with Gasteiger partial charge in [0.25, 0.3) is 5.91 Å². The Hall–Kier alpha value is -1.71. The Morgan fingerprint density at radius 3 is 2.50 bits per heavy atom. The molecular weight excluding hydrogens is 185 g/mol. The van der Waals surface area contributed by atoms with Crippen molar-refractivity contribution in [2.24, 2.45) is 0 Å². The molecule has 0 spiro atoms. The maximum atomic E-state index is 12.5. The molecule has 0 aliphatic carbocycles. The van der Waals surface area contributed by atoms with Gasteiger partial charge < -0.3 is 10.1 Å². The largest absolute Gasteiger partial charge is 0.343 e. The number of halogens is 1. The van der Waals surface area contributed by atoms with Crippen molar-refractivity contribution in [3.8, 4) is 0 Å². The first-order valence-electron chi connectivity index (χ1n) is 4.15. The SMILES string of the molecule is CC(C=O)NC(=O)c1ccc(F)cc1. The molecule has 0 saturated carbocycles. The molecule has 0 fully saturated rings. The Bertz CT molecular complexity index is 334. The zero-order valence-corrected chi connectivity index (χ0v) is 7.66. The van der Waals surface area contributed by atoms with Crippen molar-refractivity contribution in [3.63, 3.8) is 0 Å². The number of nitrogens with one attached hydrogen (secondary N) is 1. The minimum absolute atomic E-state index is 0.333. The zero-order chi connectivity index (χ0) is 10.6. The van der Waals surface area contributed by atoms with Crippen molar-refractivity contribution in [1.29, 1.82) is 0 Å². The standard InChI is InChI=1S/C10H10FNO2/c1-7(6-13)12-10(14)8-2-4-9(11)5-3-8/h2-7H,1H3,(H,12,14). The van der Waals surface area contributed by atoms with Crippen LogP contribution in [-0.2, 0) is 4.79 Å². The molecule has 1 unspecified atom stereocenters. The highest BCUT2D eigenvalue weighted by Gasteiger charge is 2.08. The number of carbonyl (C=O) groups is 2. The van der Waals surface area contributed by atoms with Crippen molar-refractivity contribution >= 4 is 12.2 Å². The Labute approximate surface area is 80.9 Å². The quantitative estimate of drug-likeness (QED) is 0.735. The second kappa shape index (κ2) is 4.50. The number of hydrogen-bond acceptors (Lipinski definition) is 2. The Morgan fingerprint density at radius 1 is 1.43 bits per heavy atom. The average molecular weight is 195 g/mol. The van der Waals surface area contributed by atoms with Crippen LogP contribution in [0, 0.1) is 5.82 Å². The smallest absolute Gasteiger partial charge is 0.251 e. The zero-order valence-electron chi connectivity index (χ0n) is 7.66. The second-order valence-electron chi connectivity index (χ2n) is 2.91. The normalized spacial score (nSPS) is 11.9. The lowest BCUT2D eigenvalue weighted by Crippen LogP contribution is -2.33. The van der Waals surface area contributed by atoms with E-state index in [1.807, 2.05) is 0 Å².